The molecule has 0 saturated heterocycles. The van der Waals surface area contributed by atoms with Crippen LogP contribution in [0.4, 0.5) is 4.39 Å². The van der Waals surface area contributed by atoms with Crippen molar-refractivity contribution in [1.82, 2.24) is 0 Å². The third kappa shape index (κ3) is 4.03. The molecule has 0 aliphatic rings. The Morgan fingerprint density at radius 1 is 1.24 bits per heavy atom. The van der Waals surface area contributed by atoms with E-state index in [0.29, 0.717) is 16.9 Å². The Balaban J connectivity index is 2.18. The molecule has 0 saturated carbocycles. The normalized spacial score (nSPS) is 11.4. The Kier molecular flexibility index (Phi) is 4.65. The van der Waals surface area contributed by atoms with Gasteiger partial charge >= 0.3 is 0 Å². The van der Waals surface area contributed by atoms with Gasteiger partial charge in [0.05, 0.1) is 4.90 Å². The maximum absolute atomic E-state index is 13.2. The molecular formula is C14H13BrFNO3S. The quantitative estimate of drug-likeness (QED) is 0.894. The number of halogens is 2. The van der Waals surface area contributed by atoms with Gasteiger partial charge in [-0.15, -0.1) is 0 Å². The molecule has 2 aromatic rings. The van der Waals surface area contributed by atoms with Gasteiger partial charge < -0.3 is 4.74 Å². The van der Waals surface area contributed by atoms with E-state index in [1.54, 1.807) is 19.1 Å². The van der Waals surface area contributed by atoms with Crippen molar-refractivity contribution in [2.45, 2.75) is 18.4 Å². The maximum Gasteiger partial charge on any atom is 0.238 e. The minimum atomic E-state index is -3.74. The van der Waals surface area contributed by atoms with Gasteiger partial charge in [-0.1, -0.05) is 15.9 Å². The summed E-state index contributed by atoms with van der Waals surface area (Å²) in [4.78, 5) is 0.0572. The molecule has 0 aliphatic carbocycles. The first-order valence-corrected chi connectivity index (χ1v) is 8.31. The fourth-order valence-electron chi connectivity index (χ4n) is 1.85. The summed E-state index contributed by atoms with van der Waals surface area (Å²) in [6.45, 7) is 1.79. The van der Waals surface area contributed by atoms with Crippen LogP contribution < -0.4 is 9.88 Å². The van der Waals surface area contributed by atoms with Crippen LogP contribution in [0.2, 0.25) is 0 Å². The largest absolute Gasteiger partial charge is 0.489 e. The van der Waals surface area contributed by atoms with Crippen LogP contribution in [0, 0.1) is 12.7 Å². The Morgan fingerprint density at radius 2 is 1.95 bits per heavy atom. The summed E-state index contributed by atoms with van der Waals surface area (Å²) in [5, 5.41) is 5.09. The van der Waals surface area contributed by atoms with E-state index in [1.165, 1.54) is 24.3 Å². The first kappa shape index (κ1) is 15.9. The number of benzene rings is 2. The molecule has 0 aromatic heterocycles. The zero-order valence-electron chi connectivity index (χ0n) is 11.1. The van der Waals surface area contributed by atoms with Crippen LogP contribution in [-0.2, 0) is 16.6 Å². The lowest BCUT2D eigenvalue weighted by atomic mass is 10.2. The Bertz CT molecular complexity index is 778. The molecule has 2 N–H and O–H groups in total. The first-order valence-electron chi connectivity index (χ1n) is 5.97. The molecule has 7 heteroatoms. The third-order valence-corrected chi connectivity index (χ3v) is 4.70. The first-order chi connectivity index (χ1) is 9.77. The van der Waals surface area contributed by atoms with Crippen LogP contribution >= 0.6 is 15.9 Å². The van der Waals surface area contributed by atoms with Gasteiger partial charge in [-0.2, -0.15) is 0 Å². The monoisotopic (exact) mass is 373 g/mol. The number of sulfonamides is 1. The minimum Gasteiger partial charge on any atom is -0.489 e. The number of ether oxygens (including phenoxy) is 1. The predicted octanol–water partition coefficient (Wildman–Crippen LogP) is 3.12. The molecule has 0 aliphatic heterocycles. The molecule has 2 aromatic carbocycles. The lowest BCUT2D eigenvalue weighted by molar-refractivity contribution is 0.304. The van der Waals surface area contributed by atoms with Crippen molar-refractivity contribution >= 4 is 26.0 Å². The summed E-state index contributed by atoms with van der Waals surface area (Å²) in [7, 11) is -3.74. The summed E-state index contributed by atoms with van der Waals surface area (Å²) >= 11 is 3.31. The number of hydrogen-bond acceptors (Lipinski definition) is 3. The highest BCUT2D eigenvalue weighted by atomic mass is 79.9. The molecule has 0 bridgehead atoms. The molecule has 0 heterocycles. The van der Waals surface area contributed by atoms with Crippen LogP contribution in [0.5, 0.6) is 5.75 Å². The summed E-state index contributed by atoms with van der Waals surface area (Å²) in [5.41, 5.74) is 1.15. The van der Waals surface area contributed by atoms with Crippen molar-refractivity contribution in [3.05, 3.63) is 57.8 Å². The highest BCUT2D eigenvalue weighted by Crippen LogP contribution is 2.23. The minimum absolute atomic E-state index is 0.0572. The van der Waals surface area contributed by atoms with Gasteiger partial charge in [0, 0.05) is 10.0 Å². The van der Waals surface area contributed by atoms with Gasteiger partial charge in [-0.25, -0.2) is 17.9 Å². The standard InChI is InChI=1S/C14H13BrFNO3S/c1-9-6-12(3-5-14(9)21(17,18)19)20-8-10-7-11(16)2-4-13(10)15/h2-7H,8H2,1H3,(H2,17,18,19). The second-order valence-electron chi connectivity index (χ2n) is 4.50. The van der Waals surface area contributed by atoms with Crippen LogP contribution in [0.1, 0.15) is 11.1 Å². The van der Waals surface area contributed by atoms with E-state index in [-0.39, 0.29) is 17.3 Å². The Morgan fingerprint density at radius 3 is 2.57 bits per heavy atom. The van der Waals surface area contributed by atoms with Gasteiger partial charge in [0.25, 0.3) is 0 Å². The number of nitrogens with two attached hydrogens (primary N) is 1. The Hall–Kier alpha value is -1.44. The molecule has 0 atom stereocenters. The van der Waals surface area contributed by atoms with Gasteiger partial charge in [0.15, 0.2) is 0 Å². The van der Waals surface area contributed by atoms with Gasteiger partial charge in [-0.05, 0) is 48.9 Å². The van der Waals surface area contributed by atoms with Crippen LogP contribution in [0.15, 0.2) is 45.8 Å². The second kappa shape index (κ2) is 6.13. The number of hydrogen-bond donors (Lipinski definition) is 1. The van der Waals surface area contributed by atoms with Crippen LogP contribution in [-0.4, -0.2) is 8.42 Å². The molecule has 0 unspecified atom stereocenters. The van der Waals surface area contributed by atoms with Crippen molar-refractivity contribution in [2.75, 3.05) is 0 Å². The van der Waals surface area contributed by atoms with Crippen molar-refractivity contribution < 1.29 is 17.5 Å². The van der Waals surface area contributed by atoms with Crippen LogP contribution in [0.3, 0.4) is 0 Å². The molecule has 0 spiro atoms. The van der Waals surface area contributed by atoms with E-state index in [2.05, 4.69) is 15.9 Å². The maximum atomic E-state index is 13.2. The molecule has 0 amide bonds. The van der Waals surface area contributed by atoms with E-state index in [4.69, 9.17) is 9.88 Å². The predicted molar refractivity (Wildman–Crippen MR) is 81.0 cm³/mol. The molecule has 21 heavy (non-hydrogen) atoms. The molecule has 0 radical (unpaired) electrons. The van der Waals surface area contributed by atoms with Gasteiger partial charge in [-0.3, -0.25) is 0 Å². The van der Waals surface area contributed by atoms with E-state index >= 15 is 0 Å². The van der Waals surface area contributed by atoms with Crippen LogP contribution in [0.25, 0.3) is 0 Å². The average molecular weight is 374 g/mol. The molecule has 112 valence electrons. The van der Waals surface area contributed by atoms with E-state index in [0.717, 1.165) is 4.47 Å². The zero-order chi connectivity index (χ0) is 15.6. The molecule has 0 fully saturated rings. The van der Waals surface area contributed by atoms with Crippen molar-refractivity contribution in [3.63, 3.8) is 0 Å². The summed E-state index contributed by atoms with van der Waals surface area (Å²) in [6, 6.07) is 8.80. The number of primary sulfonamides is 1. The average Bonchev–Trinajstić information content (AvgIpc) is 2.38. The third-order valence-electron chi connectivity index (χ3n) is 2.86. The van der Waals surface area contributed by atoms with Gasteiger partial charge in [0.1, 0.15) is 18.2 Å². The smallest absolute Gasteiger partial charge is 0.238 e. The van der Waals surface area contributed by atoms with E-state index in [1.807, 2.05) is 0 Å². The lowest BCUT2D eigenvalue weighted by Gasteiger charge is -2.10. The number of rotatable bonds is 4. The van der Waals surface area contributed by atoms with Crippen molar-refractivity contribution in [1.29, 1.82) is 0 Å². The zero-order valence-corrected chi connectivity index (χ0v) is 13.5. The fraction of sp³-hybridized carbons (Fsp3) is 0.143. The highest BCUT2D eigenvalue weighted by Gasteiger charge is 2.12. The summed E-state index contributed by atoms with van der Waals surface area (Å²) < 4.78 is 42.1. The summed E-state index contributed by atoms with van der Waals surface area (Å²) in [5.74, 6) is 0.133. The van der Waals surface area contributed by atoms with E-state index < -0.39 is 10.0 Å². The molecule has 2 rings (SSSR count). The number of aryl methyl sites for hydroxylation is 1. The van der Waals surface area contributed by atoms with E-state index in [9.17, 15) is 12.8 Å². The lowest BCUT2D eigenvalue weighted by Crippen LogP contribution is -2.13. The van der Waals surface area contributed by atoms with Crippen molar-refractivity contribution in [2.24, 2.45) is 5.14 Å². The SMILES string of the molecule is Cc1cc(OCc2cc(F)ccc2Br)ccc1S(N)(=O)=O. The molecular weight excluding hydrogens is 361 g/mol. The molecule has 4 nitrogen and oxygen atoms in total. The topological polar surface area (TPSA) is 69.4 Å². The fourth-order valence-corrected chi connectivity index (χ4v) is 2.97. The second-order valence-corrected chi connectivity index (χ2v) is 6.88. The highest BCUT2D eigenvalue weighted by molar-refractivity contribution is 9.10. The van der Waals surface area contributed by atoms with Gasteiger partial charge in [0.2, 0.25) is 10.0 Å². The summed E-state index contributed by atoms with van der Waals surface area (Å²) in [6.07, 6.45) is 0. The van der Waals surface area contributed by atoms with Crippen molar-refractivity contribution in [3.8, 4) is 5.75 Å². The Labute approximate surface area is 130 Å².